The Balaban J connectivity index is 3.13. The topological polar surface area (TPSA) is 17.1 Å². The molecule has 1 rings (SSSR count). The third-order valence-electron chi connectivity index (χ3n) is 1.19. The van der Waals surface area contributed by atoms with Crippen molar-refractivity contribution in [3.63, 3.8) is 0 Å². The van der Waals surface area contributed by atoms with Gasteiger partial charge in [0.25, 0.3) is 0 Å². The quantitative estimate of drug-likeness (QED) is 0.443. The lowest BCUT2D eigenvalue weighted by atomic mass is 10.2. The molecule has 0 spiro atoms. The van der Waals surface area contributed by atoms with E-state index in [1.807, 2.05) is 0 Å². The van der Waals surface area contributed by atoms with Crippen LogP contribution in [0.15, 0.2) is 18.2 Å². The van der Waals surface area contributed by atoms with Gasteiger partial charge in [-0.3, -0.25) is 4.79 Å². The molecule has 0 atom stereocenters. The summed E-state index contributed by atoms with van der Waals surface area (Å²) in [4.78, 5) is 9.86. The number of benzene rings is 1. The molecule has 0 radical (unpaired) electrons. The van der Waals surface area contributed by atoms with Crippen molar-refractivity contribution in [1.29, 1.82) is 0 Å². The Morgan fingerprint density at radius 3 is 2.92 bits per heavy atom. The lowest BCUT2D eigenvalue weighted by Crippen LogP contribution is -1.80. The molecule has 0 aliphatic carbocycles. The molecule has 3 heteroatoms. The van der Waals surface area contributed by atoms with E-state index in [1.165, 1.54) is 18.2 Å². The first-order chi connectivity index (χ1) is 5.74. The third kappa shape index (κ3) is 2.08. The van der Waals surface area contributed by atoms with Gasteiger partial charge in [0.2, 0.25) is 0 Å². The third-order valence-corrected chi connectivity index (χ3v) is 1.52. The first kappa shape index (κ1) is 8.76. The molecule has 0 saturated heterocycles. The standard InChI is InChI=1S/C9H4ClFO/c10-9-4-3-8(11)6-7(9)2-1-5-12/h3-6H. The average molecular weight is 183 g/mol. The summed E-state index contributed by atoms with van der Waals surface area (Å²) in [6.45, 7) is 0. The first-order valence-corrected chi connectivity index (χ1v) is 3.52. The molecule has 0 aliphatic rings. The number of carbonyl (C=O) groups excluding carboxylic acids is 1. The molecule has 0 bridgehead atoms. The lowest BCUT2D eigenvalue weighted by Gasteiger charge is -1.93. The molecule has 0 N–H and O–H groups in total. The van der Waals surface area contributed by atoms with Gasteiger partial charge in [-0.05, 0) is 24.1 Å². The van der Waals surface area contributed by atoms with Crippen LogP contribution < -0.4 is 0 Å². The SMILES string of the molecule is O=CC#Cc1cc(F)ccc1Cl. The van der Waals surface area contributed by atoms with Crippen molar-refractivity contribution < 1.29 is 9.18 Å². The predicted molar refractivity (Wildman–Crippen MR) is 44.4 cm³/mol. The Labute approximate surface area is 74.2 Å². The zero-order chi connectivity index (χ0) is 8.97. The van der Waals surface area contributed by atoms with Crippen LogP contribution in [0.2, 0.25) is 5.02 Å². The van der Waals surface area contributed by atoms with Crippen LogP contribution in [0.5, 0.6) is 0 Å². The lowest BCUT2D eigenvalue weighted by molar-refractivity contribution is -0.103. The van der Waals surface area contributed by atoms with Crippen LogP contribution in [-0.4, -0.2) is 6.29 Å². The summed E-state index contributed by atoms with van der Waals surface area (Å²) in [6, 6.07) is 3.80. The predicted octanol–water partition coefficient (Wildman–Crippen LogP) is 2.03. The summed E-state index contributed by atoms with van der Waals surface area (Å²) >= 11 is 5.65. The van der Waals surface area contributed by atoms with E-state index in [0.717, 1.165) is 0 Å². The second-order valence-electron chi connectivity index (χ2n) is 2.01. The summed E-state index contributed by atoms with van der Waals surface area (Å²) < 4.78 is 12.6. The molecule has 0 unspecified atom stereocenters. The van der Waals surface area contributed by atoms with Crippen LogP contribution in [0.1, 0.15) is 5.56 Å². The van der Waals surface area contributed by atoms with Crippen molar-refractivity contribution in [2.24, 2.45) is 0 Å². The van der Waals surface area contributed by atoms with Crippen LogP contribution in [0.3, 0.4) is 0 Å². The fourth-order valence-electron chi connectivity index (χ4n) is 0.701. The van der Waals surface area contributed by atoms with Crippen LogP contribution in [-0.2, 0) is 4.79 Å². The van der Waals surface area contributed by atoms with Crippen molar-refractivity contribution in [2.45, 2.75) is 0 Å². The van der Waals surface area contributed by atoms with Crippen molar-refractivity contribution in [2.75, 3.05) is 0 Å². The maximum atomic E-state index is 12.6. The Hall–Kier alpha value is -1.33. The Morgan fingerprint density at radius 1 is 1.50 bits per heavy atom. The molecule has 1 nitrogen and oxygen atoms in total. The summed E-state index contributed by atoms with van der Waals surface area (Å²) in [5, 5.41) is 0.339. The van der Waals surface area contributed by atoms with Gasteiger partial charge in [0.05, 0.1) is 5.02 Å². The van der Waals surface area contributed by atoms with Gasteiger partial charge in [-0.1, -0.05) is 17.5 Å². The Bertz CT molecular complexity index is 363. The summed E-state index contributed by atoms with van der Waals surface area (Å²) in [5.74, 6) is 4.14. The highest BCUT2D eigenvalue weighted by atomic mass is 35.5. The first-order valence-electron chi connectivity index (χ1n) is 3.14. The molecule has 60 valence electrons. The summed E-state index contributed by atoms with van der Waals surface area (Å²) in [6.07, 6.45) is 0.432. The summed E-state index contributed by atoms with van der Waals surface area (Å²) in [7, 11) is 0. The van der Waals surface area contributed by atoms with Gasteiger partial charge >= 0.3 is 0 Å². The van der Waals surface area contributed by atoms with Crippen LogP contribution >= 0.6 is 11.6 Å². The van der Waals surface area contributed by atoms with E-state index >= 15 is 0 Å². The number of carbonyl (C=O) groups is 1. The van der Waals surface area contributed by atoms with Crippen LogP contribution in [0.4, 0.5) is 4.39 Å². The number of halogens is 2. The number of rotatable bonds is 0. The van der Waals surface area contributed by atoms with E-state index in [1.54, 1.807) is 0 Å². The zero-order valence-corrected chi connectivity index (χ0v) is 6.73. The molecule has 0 aliphatic heterocycles. The molecule has 0 fully saturated rings. The normalized spacial score (nSPS) is 8.50. The minimum atomic E-state index is -0.422. The number of hydrogen-bond acceptors (Lipinski definition) is 1. The second-order valence-corrected chi connectivity index (χ2v) is 2.42. The minimum absolute atomic E-state index is 0.323. The molecule has 0 amide bonds. The minimum Gasteiger partial charge on any atom is -0.289 e. The van der Waals surface area contributed by atoms with Crippen LogP contribution in [0.25, 0.3) is 0 Å². The second kappa shape index (κ2) is 3.89. The van der Waals surface area contributed by atoms with E-state index in [4.69, 9.17) is 11.6 Å². The molecular weight excluding hydrogens is 179 g/mol. The van der Waals surface area contributed by atoms with E-state index in [2.05, 4.69) is 11.8 Å². The molecule has 1 aromatic rings. The fraction of sp³-hybridized carbons (Fsp3) is 0. The van der Waals surface area contributed by atoms with Gasteiger partial charge < -0.3 is 0 Å². The van der Waals surface area contributed by atoms with E-state index < -0.39 is 5.82 Å². The molecule has 0 heterocycles. The van der Waals surface area contributed by atoms with Gasteiger partial charge in [-0.15, -0.1) is 0 Å². The fourth-order valence-corrected chi connectivity index (χ4v) is 0.865. The molecule has 0 saturated carbocycles. The highest BCUT2D eigenvalue weighted by molar-refractivity contribution is 6.31. The molecule has 0 aromatic heterocycles. The van der Waals surface area contributed by atoms with Crippen molar-refractivity contribution in [3.8, 4) is 11.8 Å². The van der Waals surface area contributed by atoms with Gasteiger partial charge in [-0.25, -0.2) is 4.39 Å². The largest absolute Gasteiger partial charge is 0.289 e. The molecular formula is C9H4ClFO. The molecule has 1 aromatic carbocycles. The van der Waals surface area contributed by atoms with Crippen LogP contribution in [0, 0.1) is 17.7 Å². The van der Waals surface area contributed by atoms with Crippen molar-refractivity contribution in [3.05, 3.63) is 34.6 Å². The van der Waals surface area contributed by atoms with E-state index in [-0.39, 0.29) is 0 Å². The molecule has 12 heavy (non-hydrogen) atoms. The highest BCUT2D eigenvalue weighted by Crippen LogP contribution is 2.15. The van der Waals surface area contributed by atoms with E-state index in [9.17, 15) is 9.18 Å². The number of hydrogen-bond donors (Lipinski definition) is 0. The van der Waals surface area contributed by atoms with Gasteiger partial charge in [-0.2, -0.15) is 0 Å². The smallest absolute Gasteiger partial charge is 0.193 e. The van der Waals surface area contributed by atoms with Gasteiger partial charge in [0, 0.05) is 5.56 Å². The van der Waals surface area contributed by atoms with E-state index in [0.29, 0.717) is 16.9 Å². The average Bonchev–Trinajstić information content (AvgIpc) is 2.07. The van der Waals surface area contributed by atoms with Gasteiger partial charge in [0.1, 0.15) is 5.82 Å². The van der Waals surface area contributed by atoms with Crippen molar-refractivity contribution in [1.82, 2.24) is 0 Å². The Kier molecular flexibility index (Phi) is 2.84. The highest BCUT2D eigenvalue weighted by Gasteiger charge is 1.97. The maximum Gasteiger partial charge on any atom is 0.193 e. The summed E-state index contributed by atoms with van der Waals surface area (Å²) in [5.41, 5.74) is 0.323. The van der Waals surface area contributed by atoms with Crippen molar-refractivity contribution >= 4 is 17.9 Å². The monoisotopic (exact) mass is 182 g/mol. The Morgan fingerprint density at radius 2 is 2.25 bits per heavy atom. The maximum absolute atomic E-state index is 12.6. The zero-order valence-electron chi connectivity index (χ0n) is 5.97. The van der Waals surface area contributed by atoms with Gasteiger partial charge in [0.15, 0.2) is 6.29 Å². The number of aldehydes is 1.